The molecule has 1 saturated carbocycles. The van der Waals surface area contributed by atoms with Crippen LogP contribution < -0.4 is 15.4 Å². The Bertz CT molecular complexity index is 718. The SMILES string of the molecule is CCC1=C(C(=O)OC(C)C)C(c2ccc(OC3CCCC3)cc2)NC(=O)N1. The first-order valence-electron chi connectivity index (χ1n) is 9.76. The Morgan fingerprint density at radius 2 is 1.85 bits per heavy atom. The van der Waals surface area contributed by atoms with Crippen LogP contribution in [0.4, 0.5) is 4.79 Å². The average molecular weight is 372 g/mol. The molecule has 146 valence electrons. The maximum absolute atomic E-state index is 12.7. The number of carbonyl (C=O) groups is 2. The molecule has 0 radical (unpaired) electrons. The van der Waals surface area contributed by atoms with E-state index >= 15 is 0 Å². The smallest absolute Gasteiger partial charge is 0.338 e. The van der Waals surface area contributed by atoms with Crippen molar-refractivity contribution < 1.29 is 19.1 Å². The lowest BCUT2D eigenvalue weighted by atomic mass is 9.94. The maximum Gasteiger partial charge on any atom is 0.338 e. The van der Waals surface area contributed by atoms with E-state index in [-0.39, 0.29) is 18.2 Å². The molecule has 1 aliphatic carbocycles. The second-order valence-electron chi connectivity index (χ2n) is 7.32. The van der Waals surface area contributed by atoms with Gasteiger partial charge in [0.15, 0.2) is 0 Å². The summed E-state index contributed by atoms with van der Waals surface area (Å²) in [6.45, 7) is 5.52. The van der Waals surface area contributed by atoms with Crippen molar-refractivity contribution in [2.45, 2.75) is 71.1 Å². The highest BCUT2D eigenvalue weighted by atomic mass is 16.5. The van der Waals surface area contributed by atoms with Gasteiger partial charge in [-0.05, 0) is 63.6 Å². The van der Waals surface area contributed by atoms with Gasteiger partial charge in [-0.15, -0.1) is 0 Å². The summed E-state index contributed by atoms with van der Waals surface area (Å²) in [7, 11) is 0. The first kappa shape index (κ1) is 19.3. The molecular formula is C21H28N2O4. The van der Waals surface area contributed by atoms with Gasteiger partial charge in [0.05, 0.1) is 23.8 Å². The lowest BCUT2D eigenvalue weighted by molar-refractivity contribution is -0.143. The molecule has 0 bridgehead atoms. The summed E-state index contributed by atoms with van der Waals surface area (Å²) in [5, 5.41) is 5.58. The van der Waals surface area contributed by atoms with Gasteiger partial charge in [0, 0.05) is 5.70 Å². The fraction of sp³-hybridized carbons (Fsp3) is 0.524. The van der Waals surface area contributed by atoms with Crippen molar-refractivity contribution >= 4 is 12.0 Å². The number of benzene rings is 1. The largest absolute Gasteiger partial charge is 0.490 e. The topological polar surface area (TPSA) is 76.7 Å². The normalized spacial score (nSPS) is 20.4. The Morgan fingerprint density at radius 3 is 2.44 bits per heavy atom. The maximum atomic E-state index is 12.7. The van der Waals surface area contributed by atoms with Crippen LogP contribution in [0.5, 0.6) is 5.75 Å². The molecule has 0 spiro atoms. The van der Waals surface area contributed by atoms with E-state index in [1.165, 1.54) is 12.8 Å². The molecule has 1 unspecified atom stereocenters. The van der Waals surface area contributed by atoms with Crippen molar-refractivity contribution in [1.82, 2.24) is 10.6 Å². The lowest BCUT2D eigenvalue weighted by Crippen LogP contribution is -2.46. The van der Waals surface area contributed by atoms with Crippen LogP contribution in [0.3, 0.4) is 0 Å². The molecule has 1 atom stereocenters. The number of rotatable bonds is 6. The van der Waals surface area contributed by atoms with Gasteiger partial charge in [-0.1, -0.05) is 19.1 Å². The minimum absolute atomic E-state index is 0.233. The van der Waals surface area contributed by atoms with Crippen LogP contribution in [0.15, 0.2) is 35.5 Å². The molecule has 27 heavy (non-hydrogen) atoms. The zero-order chi connectivity index (χ0) is 19.4. The third-order valence-electron chi connectivity index (χ3n) is 4.89. The van der Waals surface area contributed by atoms with E-state index in [9.17, 15) is 9.59 Å². The fourth-order valence-electron chi connectivity index (χ4n) is 3.60. The standard InChI is InChI=1S/C21H28N2O4/c1-4-17-18(20(24)26-13(2)3)19(23-21(25)22-17)14-9-11-16(12-10-14)27-15-7-5-6-8-15/h9-13,15,19H,4-8H2,1-3H3,(H2,22,23,25). The molecule has 1 heterocycles. The molecule has 1 aliphatic heterocycles. The lowest BCUT2D eigenvalue weighted by Gasteiger charge is -2.29. The number of esters is 1. The highest BCUT2D eigenvalue weighted by Crippen LogP contribution is 2.31. The molecule has 2 amide bonds. The molecule has 6 nitrogen and oxygen atoms in total. The molecule has 6 heteroatoms. The average Bonchev–Trinajstić information content (AvgIpc) is 3.14. The summed E-state index contributed by atoms with van der Waals surface area (Å²) >= 11 is 0. The van der Waals surface area contributed by atoms with Gasteiger partial charge in [0.1, 0.15) is 5.75 Å². The van der Waals surface area contributed by atoms with Gasteiger partial charge in [0.2, 0.25) is 0 Å². The van der Waals surface area contributed by atoms with Crippen molar-refractivity contribution in [2.75, 3.05) is 0 Å². The zero-order valence-corrected chi connectivity index (χ0v) is 16.2. The Kier molecular flexibility index (Phi) is 6.04. The second-order valence-corrected chi connectivity index (χ2v) is 7.32. The molecular weight excluding hydrogens is 344 g/mol. The quantitative estimate of drug-likeness (QED) is 0.741. The number of hydrogen-bond donors (Lipinski definition) is 2. The van der Waals surface area contributed by atoms with Gasteiger partial charge >= 0.3 is 12.0 Å². The fourth-order valence-corrected chi connectivity index (χ4v) is 3.60. The minimum atomic E-state index is -0.541. The highest BCUT2D eigenvalue weighted by molar-refractivity contribution is 5.95. The third kappa shape index (κ3) is 4.62. The van der Waals surface area contributed by atoms with E-state index in [0.717, 1.165) is 24.2 Å². The number of carbonyl (C=O) groups excluding carboxylic acids is 2. The monoisotopic (exact) mass is 372 g/mol. The van der Waals surface area contributed by atoms with Crippen molar-refractivity contribution in [2.24, 2.45) is 0 Å². The van der Waals surface area contributed by atoms with Gasteiger partial charge < -0.3 is 20.1 Å². The van der Waals surface area contributed by atoms with Crippen molar-refractivity contribution in [3.63, 3.8) is 0 Å². The van der Waals surface area contributed by atoms with Crippen LogP contribution in [0.1, 0.15) is 64.5 Å². The molecule has 3 rings (SSSR count). The summed E-state index contributed by atoms with van der Waals surface area (Å²) in [6.07, 6.45) is 5.22. The molecule has 2 N–H and O–H groups in total. The van der Waals surface area contributed by atoms with Crippen LogP contribution in [-0.2, 0) is 9.53 Å². The Balaban J connectivity index is 1.84. The first-order chi connectivity index (χ1) is 13.0. The number of ether oxygens (including phenoxy) is 2. The molecule has 1 aromatic carbocycles. The number of hydrogen-bond acceptors (Lipinski definition) is 4. The van der Waals surface area contributed by atoms with E-state index in [2.05, 4.69) is 10.6 Å². The van der Waals surface area contributed by atoms with E-state index < -0.39 is 12.0 Å². The zero-order valence-electron chi connectivity index (χ0n) is 16.2. The summed E-state index contributed by atoms with van der Waals surface area (Å²) < 4.78 is 11.4. The molecule has 0 saturated heterocycles. The van der Waals surface area contributed by atoms with Crippen molar-refractivity contribution in [3.8, 4) is 5.75 Å². The number of urea groups is 1. The van der Waals surface area contributed by atoms with E-state index in [1.54, 1.807) is 0 Å². The van der Waals surface area contributed by atoms with Gasteiger partial charge in [-0.2, -0.15) is 0 Å². The molecule has 1 aromatic rings. The first-order valence-corrected chi connectivity index (χ1v) is 9.76. The second kappa shape index (κ2) is 8.46. The van der Waals surface area contributed by atoms with Gasteiger partial charge in [-0.25, -0.2) is 9.59 Å². The van der Waals surface area contributed by atoms with Crippen LogP contribution in [0.2, 0.25) is 0 Å². The number of nitrogens with one attached hydrogen (secondary N) is 2. The van der Waals surface area contributed by atoms with E-state index in [0.29, 0.717) is 17.7 Å². The number of allylic oxidation sites excluding steroid dienone is 1. The van der Waals surface area contributed by atoms with E-state index in [1.807, 2.05) is 45.0 Å². The van der Waals surface area contributed by atoms with Crippen molar-refractivity contribution in [3.05, 3.63) is 41.1 Å². The van der Waals surface area contributed by atoms with Gasteiger partial charge in [0.25, 0.3) is 0 Å². The Morgan fingerprint density at radius 1 is 1.19 bits per heavy atom. The summed E-state index contributed by atoms with van der Waals surface area (Å²) in [4.78, 5) is 24.7. The number of amides is 2. The molecule has 0 aromatic heterocycles. The highest BCUT2D eigenvalue weighted by Gasteiger charge is 2.33. The Hall–Kier alpha value is -2.50. The van der Waals surface area contributed by atoms with Crippen LogP contribution in [0.25, 0.3) is 0 Å². The third-order valence-corrected chi connectivity index (χ3v) is 4.89. The van der Waals surface area contributed by atoms with Crippen molar-refractivity contribution in [1.29, 1.82) is 0 Å². The van der Waals surface area contributed by atoms with Gasteiger partial charge in [-0.3, -0.25) is 0 Å². The molecule has 1 fully saturated rings. The predicted octanol–water partition coefficient (Wildman–Crippen LogP) is 3.98. The summed E-state index contributed by atoms with van der Waals surface area (Å²) in [5.41, 5.74) is 1.88. The van der Waals surface area contributed by atoms with Crippen LogP contribution in [-0.4, -0.2) is 24.2 Å². The summed E-state index contributed by atoms with van der Waals surface area (Å²) in [5.74, 6) is 0.405. The summed E-state index contributed by atoms with van der Waals surface area (Å²) in [6, 6.07) is 6.75. The van der Waals surface area contributed by atoms with E-state index in [4.69, 9.17) is 9.47 Å². The predicted molar refractivity (Wildman–Crippen MR) is 102 cm³/mol. The molecule has 2 aliphatic rings. The van der Waals surface area contributed by atoms with Crippen LogP contribution in [0, 0.1) is 0 Å². The Labute approximate surface area is 160 Å². The minimum Gasteiger partial charge on any atom is -0.490 e. The van der Waals surface area contributed by atoms with Crippen LogP contribution >= 0.6 is 0 Å².